The summed E-state index contributed by atoms with van der Waals surface area (Å²) in [5.41, 5.74) is 2.08. The van der Waals surface area contributed by atoms with E-state index in [1.54, 1.807) is 0 Å². The molecule has 1 aliphatic rings. The average Bonchev–Trinajstić information content (AvgIpc) is 2.21. The summed E-state index contributed by atoms with van der Waals surface area (Å²) in [4.78, 5) is 8.92. The summed E-state index contributed by atoms with van der Waals surface area (Å²) in [7, 11) is 0. The van der Waals surface area contributed by atoms with Gasteiger partial charge < -0.3 is 5.32 Å². The molecule has 0 saturated heterocycles. The van der Waals surface area contributed by atoms with Gasteiger partial charge in [0.05, 0.1) is 0 Å². The number of anilines is 1. The first kappa shape index (κ1) is 12.3. The Balaban J connectivity index is 2.05. The second-order valence-corrected chi connectivity index (χ2v) is 5.62. The molecule has 0 spiro atoms. The number of hydrogen-bond acceptors (Lipinski definition) is 3. The van der Waals surface area contributed by atoms with Gasteiger partial charge in [-0.05, 0) is 51.0 Å². The summed E-state index contributed by atoms with van der Waals surface area (Å²) in [6.07, 6.45) is 3.86. The van der Waals surface area contributed by atoms with Crippen LogP contribution in [0, 0.1) is 25.7 Å². The predicted octanol–water partition coefficient (Wildman–Crippen LogP) is 3.33. The first-order valence-corrected chi connectivity index (χ1v) is 6.63. The molecule has 1 N–H and O–H groups in total. The van der Waals surface area contributed by atoms with Crippen LogP contribution in [0.2, 0.25) is 0 Å². The van der Waals surface area contributed by atoms with Gasteiger partial charge in [-0.25, -0.2) is 9.97 Å². The molecule has 1 aliphatic carbocycles. The third-order valence-corrected chi connectivity index (χ3v) is 3.73. The molecule has 3 nitrogen and oxygen atoms in total. The molecular formula is C14H23N3. The summed E-state index contributed by atoms with van der Waals surface area (Å²) >= 11 is 0. The van der Waals surface area contributed by atoms with Crippen LogP contribution in [0.3, 0.4) is 0 Å². The van der Waals surface area contributed by atoms with E-state index in [9.17, 15) is 0 Å². The maximum Gasteiger partial charge on any atom is 0.223 e. The fourth-order valence-corrected chi connectivity index (χ4v) is 2.84. The van der Waals surface area contributed by atoms with Crippen molar-refractivity contribution in [3.63, 3.8) is 0 Å². The van der Waals surface area contributed by atoms with E-state index in [0.29, 0.717) is 12.0 Å². The van der Waals surface area contributed by atoms with Crippen LogP contribution < -0.4 is 5.32 Å². The van der Waals surface area contributed by atoms with Gasteiger partial charge in [-0.15, -0.1) is 0 Å². The van der Waals surface area contributed by atoms with E-state index in [0.717, 1.165) is 23.3 Å². The maximum atomic E-state index is 4.46. The van der Waals surface area contributed by atoms with Crippen molar-refractivity contribution in [1.29, 1.82) is 0 Å². The Morgan fingerprint density at radius 2 is 1.76 bits per heavy atom. The minimum Gasteiger partial charge on any atom is -0.351 e. The second-order valence-electron chi connectivity index (χ2n) is 5.62. The lowest BCUT2D eigenvalue weighted by atomic mass is 9.80. The third kappa shape index (κ3) is 3.18. The Kier molecular flexibility index (Phi) is 3.65. The molecule has 3 atom stereocenters. The quantitative estimate of drug-likeness (QED) is 0.851. The molecule has 2 rings (SSSR count). The molecule has 3 unspecified atom stereocenters. The van der Waals surface area contributed by atoms with E-state index >= 15 is 0 Å². The molecule has 0 amide bonds. The number of aryl methyl sites for hydroxylation is 2. The Labute approximate surface area is 104 Å². The van der Waals surface area contributed by atoms with Gasteiger partial charge >= 0.3 is 0 Å². The second kappa shape index (κ2) is 5.03. The highest BCUT2D eigenvalue weighted by molar-refractivity contribution is 5.29. The van der Waals surface area contributed by atoms with Gasteiger partial charge in [-0.1, -0.05) is 13.8 Å². The molecule has 0 aromatic carbocycles. The van der Waals surface area contributed by atoms with Crippen molar-refractivity contribution in [2.75, 3.05) is 5.32 Å². The van der Waals surface area contributed by atoms with Gasteiger partial charge in [0.25, 0.3) is 0 Å². The van der Waals surface area contributed by atoms with Crippen molar-refractivity contribution in [3.8, 4) is 0 Å². The highest BCUT2D eigenvalue weighted by atomic mass is 15.1. The molecule has 0 bridgehead atoms. The highest BCUT2D eigenvalue weighted by Crippen LogP contribution is 2.30. The van der Waals surface area contributed by atoms with E-state index in [1.807, 2.05) is 19.9 Å². The average molecular weight is 233 g/mol. The molecule has 1 fully saturated rings. The molecule has 0 aliphatic heterocycles. The van der Waals surface area contributed by atoms with Crippen molar-refractivity contribution in [2.45, 2.75) is 53.0 Å². The normalized spacial score (nSPS) is 29.1. The Morgan fingerprint density at radius 3 is 2.35 bits per heavy atom. The molecule has 1 aromatic rings. The summed E-state index contributed by atoms with van der Waals surface area (Å²) in [5, 5.41) is 3.51. The smallest absolute Gasteiger partial charge is 0.223 e. The van der Waals surface area contributed by atoms with E-state index in [2.05, 4.69) is 29.1 Å². The number of aromatic nitrogens is 2. The van der Waals surface area contributed by atoms with Crippen molar-refractivity contribution in [3.05, 3.63) is 17.5 Å². The topological polar surface area (TPSA) is 37.8 Å². The van der Waals surface area contributed by atoms with E-state index in [-0.39, 0.29) is 0 Å². The zero-order valence-electron chi connectivity index (χ0n) is 11.3. The standard InChI is InChI=1S/C14H23N3/c1-9-5-6-13(10(2)7-9)17-14-15-11(3)8-12(4)16-14/h8-10,13H,5-7H2,1-4H3,(H,15,16,17). The lowest BCUT2D eigenvalue weighted by molar-refractivity contribution is 0.275. The summed E-state index contributed by atoms with van der Waals surface area (Å²) < 4.78 is 0. The minimum absolute atomic E-state index is 0.535. The highest BCUT2D eigenvalue weighted by Gasteiger charge is 2.25. The van der Waals surface area contributed by atoms with E-state index in [1.165, 1.54) is 19.3 Å². The van der Waals surface area contributed by atoms with Crippen LogP contribution in [0.4, 0.5) is 5.95 Å². The summed E-state index contributed by atoms with van der Waals surface area (Å²) in [5.74, 6) is 2.38. The molecule has 1 heterocycles. The van der Waals surface area contributed by atoms with Gasteiger partial charge in [0.2, 0.25) is 5.95 Å². The molecule has 0 radical (unpaired) electrons. The Morgan fingerprint density at radius 1 is 1.12 bits per heavy atom. The van der Waals surface area contributed by atoms with Crippen LogP contribution in [0.5, 0.6) is 0 Å². The number of hydrogen-bond donors (Lipinski definition) is 1. The molecule has 1 saturated carbocycles. The van der Waals surface area contributed by atoms with Crippen molar-refractivity contribution in [2.24, 2.45) is 11.8 Å². The lowest BCUT2D eigenvalue weighted by Gasteiger charge is -2.33. The summed E-state index contributed by atoms with van der Waals surface area (Å²) in [6.45, 7) is 8.72. The fourth-order valence-electron chi connectivity index (χ4n) is 2.84. The van der Waals surface area contributed by atoms with Crippen molar-refractivity contribution in [1.82, 2.24) is 9.97 Å². The van der Waals surface area contributed by atoms with Crippen LogP contribution in [0.1, 0.15) is 44.5 Å². The van der Waals surface area contributed by atoms with E-state index < -0.39 is 0 Å². The zero-order chi connectivity index (χ0) is 12.4. The third-order valence-electron chi connectivity index (χ3n) is 3.73. The van der Waals surface area contributed by atoms with Gasteiger partial charge in [-0.2, -0.15) is 0 Å². The first-order chi connectivity index (χ1) is 8.04. The Hall–Kier alpha value is -1.12. The largest absolute Gasteiger partial charge is 0.351 e. The van der Waals surface area contributed by atoms with Gasteiger partial charge in [0.15, 0.2) is 0 Å². The van der Waals surface area contributed by atoms with Crippen LogP contribution in [-0.2, 0) is 0 Å². The van der Waals surface area contributed by atoms with Gasteiger partial charge in [0, 0.05) is 17.4 Å². The predicted molar refractivity (Wildman–Crippen MR) is 71.1 cm³/mol. The SMILES string of the molecule is Cc1cc(C)nc(NC2CCC(C)CC2C)n1. The molecule has 1 aromatic heterocycles. The number of nitrogens with zero attached hydrogens (tertiary/aromatic N) is 2. The number of nitrogens with one attached hydrogen (secondary N) is 1. The van der Waals surface area contributed by atoms with Gasteiger partial charge in [-0.3, -0.25) is 0 Å². The fraction of sp³-hybridized carbons (Fsp3) is 0.714. The van der Waals surface area contributed by atoms with Crippen LogP contribution in [0.15, 0.2) is 6.07 Å². The van der Waals surface area contributed by atoms with Crippen molar-refractivity contribution >= 4 is 5.95 Å². The Bertz CT molecular complexity index is 369. The maximum absolute atomic E-state index is 4.46. The monoisotopic (exact) mass is 233 g/mol. The molecule has 17 heavy (non-hydrogen) atoms. The molecular weight excluding hydrogens is 210 g/mol. The number of rotatable bonds is 2. The van der Waals surface area contributed by atoms with Crippen LogP contribution in [0.25, 0.3) is 0 Å². The van der Waals surface area contributed by atoms with Crippen LogP contribution >= 0.6 is 0 Å². The first-order valence-electron chi connectivity index (χ1n) is 6.63. The zero-order valence-corrected chi connectivity index (χ0v) is 11.3. The minimum atomic E-state index is 0.535. The van der Waals surface area contributed by atoms with E-state index in [4.69, 9.17) is 0 Å². The lowest BCUT2D eigenvalue weighted by Crippen LogP contribution is -2.33. The van der Waals surface area contributed by atoms with Crippen molar-refractivity contribution < 1.29 is 0 Å². The van der Waals surface area contributed by atoms with Crippen LogP contribution in [-0.4, -0.2) is 16.0 Å². The molecule has 3 heteroatoms. The summed E-state index contributed by atoms with van der Waals surface area (Å²) in [6, 6.07) is 2.55. The molecule has 94 valence electrons. The van der Waals surface area contributed by atoms with Gasteiger partial charge in [0.1, 0.15) is 0 Å².